The second kappa shape index (κ2) is 7.41. The van der Waals surface area contributed by atoms with E-state index in [2.05, 4.69) is 17.1 Å². The zero-order chi connectivity index (χ0) is 14.4. The molecule has 1 aliphatic rings. The molecule has 0 saturated carbocycles. The average Bonchev–Trinajstić information content (AvgIpc) is 2.88. The van der Waals surface area contributed by atoms with Crippen LogP contribution < -0.4 is 5.32 Å². The molecule has 1 heterocycles. The van der Waals surface area contributed by atoms with Gasteiger partial charge in [0.2, 0.25) is 0 Å². The van der Waals surface area contributed by atoms with E-state index in [4.69, 9.17) is 5.11 Å². The van der Waals surface area contributed by atoms with Gasteiger partial charge in [0, 0.05) is 13.1 Å². The largest absolute Gasteiger partial charge is 0.481 e. The van der Waals surface area contributed by atoms with E-state index in [0.29, 0.717) is 0 Å². The lowest BCUT2D eigenvalue weighted by atomic mass is 10.0. The molecule has 2 N–H and O–H groups in total. The summed E-state index contributed by atoms with van der Waals surface area (Å²) in [6, 6.07) is 7.78. The van der Waals surface area contributed by atoms with Gasteiger partial charge in [0.1, 0.15) is 0 Å². The highest BCUT2D eigenvalue weighted by atomic mass is 16.4. The Kier molecular flexibility index (Phi) is 5.56. The van der Waals surface area contributed by atoms with Crippen LogP contribution in [0.15, 0.2) is 24.3 Å². The first kappa shape index (κ1) is 15.0. The van der Waals surface area contributed by atoms with Crippen LogP contribution in [0.25, 0.3) is 0 Å². The lowest BCUT2D eigenvalue weighted by Gasteiger charge is -2.14. The van der Waals surface area contributed by atoms with Crippen LogP contribution in [-0.4, -0.2) is 42.2 Å². The van der Waals surface area contributed by atoms with Crippen molar-refractivity contribution in [1.82, 2.24) is 10.2 Å². The zero-order valence-corrected chi connectivity index (χ0v) is 12.1. The van der Waals surface area contributed by atoms with Gasteiger partial charge in [0.15, 0.2) is 0 Å². The fourth-order valence-corrected chi connectivity index (χ4v) is 2.84. The van der Waals surface area contributed by atoms with E-state index in [9.17, 15) is 4.79 Å². The molecule has 4 nitrogen and oxygen atoms in total. The fourth-order valence-electron chi connectivity index (χ4n) is 2.84. The summed E-state index contributed by atoms with van der Waals surface area (Å²) in [5.74, 6) is -0.0478. The summed E-state index contributed by atoms with van der Waals surface area (Å²) in [6.45, 7) is 7.50. The van der Waals surface area contributed by atoms with E-state index in [1.165, 1.54) is 19.5 Å². The number of likely N-dealkylation sites (tertiary alicyclic amines) is 1. The number of hydrogen-bond acceptors (Lipinski definition) is 3. The van der Waals surface area contributed by atoms with Crippen molar-refractivity contribution in [3.05, 3.63) is 35.4 Å². The van der Waals surface area contributed by atoms with E-state index in [1.54, 1.807) is 0 Å². The Morgan fingerprint density at radius 2 is 2.15 bits per heavy atom. The van der Waals surface area contributed by atoms with E-state index in [0.717, 1.165) is 36.7 Å². The summed E-state index contributed by atoms with van der Waals surface area (Å²) in [6.07, 6.45) is 1.36. The number of carboxylic acids is 1. The number of carboxylic acid groups (broad SMARTS) is 1. The van der Waals surface area contributed by atoms with E-state index in [-0.39, 0.29) is 6.42 Å². The van der Waals surface area contributed by atoms with Crippen LogP contribution in [0.1, 0.15) is 24.5 Å². The van der Waals surface area contributed by atoms with Crippen molar-refractivity contribution in [2.45, 2.75) is 26.3 Å². The van der Waals surface area contributed by atoms with Gasteiger partial charge in [0.05, 0.1) is 6.42 Å². The Hall–Kier alpha value is -1.39. The van der Waals surface area contributed by atoms with Crippen LogP contribution in [0.5, 0.6) is 0 Å². The van der Waals surface area contributed by atoms with E-state index < -0.39 is 5.97 Å². The lowest BCUT2D eigenvalue weighted by Crippen LogP contribution is -2.26. The van der Waals surface area contributed by atoms with Crippen molar-refractivity contribution >= 4 is 5.97 Å². The highest BCUT2D eigenvalue weighted by molar-refractivity contribution is 5.70. The minimum atomic E-state index is -0.771. The number of aliphatic carboxylic acids is 1. The summed E-state index contributed by atoms with van der Waals surface area (Å²) in [4.78, 5) is 13.3. The highest BCUT2D eigenvalue weighted by Crippen LogP contribution is 2.15. The lowest BCUT2D eigenvalue weighted by molar-refractivity contribution is -0.136. The zero-order valence-electron chi connectivity index (χ0n) is 12.1. The molecule has 20 heavy (non-hydrogen) atoms. The van der Waals surface area contributed by atoms with Gasteiger partial charge in [0.25, 0.3) is 0 Å². The van der Waals surface area contributed by atoms with E-state index >= 15 is 0 Å². The maximum atomic E-state index is 10.8. The Morgan fingerprint density at radius 1 is 1.40 bits per heavy atom. The molecule has 0 bridgehead atoms. The van der Waals surface area contributed by atoms with Crippen molar-refractivity contribution in [3.8, 4) is 0 Å². The third-order valence-corrected chi connectivity index (χ3v) is 4.03. The third kappa shape index (κ3) is 4.32. The standard InChI is InChI=1S/C16H24N2O2/c1-2-18-8-7-13(12-18)10-17-11-15-6-4-3-5-14(15)9-16(19)20/h3-6,13,17H,2,7-12H2,1H3,(H,19,20). The fraction of sp³-hybridized carbons (Fsp3) is 0.562. The van der Waals surface area contributed by atoms with Crippen molar-refractivity contribution in [2.24, 2.45) is 5.92 Å². The van der Waals surface area contributed by atoms with Crippen LogP contribution in [0.4, 0.5) is 0 Å². The molecule has 110 valence electrons. The quantitative estimate of drug-likeness (QED) is 0.796. The predicted octanol–water partition coefficient (Wildman–Crippen LogP) is 1.75. The summed E-state index contributed by atoms with van der Waals surface area (Å²) in [5.41, 5.74) is 2.01. The molecule has 1 fully saturated rings. The van der Waals surface area contributed by atoms with Gasteiger partial charge in [-0.25, -0.2) is 0 Å². The second-order valence-electron chi connectivity index (χ2n) is 5.52. The third-order valence-electron chi connectivity index (χ3n) is 4.03. The minimum absolute atomic E-state index is 0.102. The molecule has 1 saturated heterocycles. The van der Waals surface area contributed by atoms with Crippen molar-refractivity contribution in [1.29, 1.82) is 0 Å². The molecule has 0 amide bonds. The van der Waals surface area contributed by atoms with Crippen LogP contribution in [0, 0.1) is 5.92 Å². The summed E-state index contributed by atoms with van der Waals surface area (Å²) in [7, 11) is 0. The number of carbonyl (C=O) groups is 1. The van der Waals surface area contributed by atoms with Crippen molar-refractivity contribution in [2.75, 3.05) is 26.2 Å². The first-order chi connectivity index (χ1) is 9.69. The highest BCUT2D eigenvalue weighted by Gasteiger charge is 2.20. The van der Waals surface area contributed by atoms with Gasteiger partial charge >= 0.3 is 5.97 Å². The number of nitrogens with zero attached hydrogens (tertiary/aromatic N) is 1. The first-order valence-corrected chi connectivity index (χ1v) is 7.40. The maximum Gasteiger partial charge on any atom is 0.307 e. The molecule has 0 spiro atoms. The summed E-state index contributed by atoms with van der Waals surface area (Å²) in [5, 5.41) is 12.4. The Labute approximate surface area is 120 Å². The molecule has 2 rings (SSSR count). The monoisotopic (exact) mass is 276 g/mol. The molecule has 0 aliphatic carbocycles. The molecule has 1 unspecified atom stereocenters. The molecule has 0 aromatic heterocycles. The molecule has 1 aromatic rings. The first-order valence-electron chi connectivity index (χ1n) is 7.40. The Balaban J connectivity index is 1.81. The average molecular weight is 276 g/mol. The number of benzene rings is 1. The number of rotatable bonds is 7. The predicted molar refractivity (Wildman–Crippen MR) is 79.7 cm³/mol. The molecule has 1 aromatic carbocycles. The smallest absolute Gasteiger partial charge is 0.307 e. The molecular formula is C16H24N2O2. The van der Waals surface area contributed by atoms with Crippen molar-refractivity contribution in [3.63, 3.8) is 0 Å². The molecule has 1 aliphatic heterocycles. The van der Waals surface area contributed by atoms with Gasteiger partial charge in [-0.15, -0.1) is 0 Å². The van der Waals surface area contributed by atoms with Gasteiger partial charge in [-0.2, -0.15) is 0 Å². The number of hydrogen-bond donors (Lipinski definition) is 2. The van der Waals surface area contributed by atoms with Gasteiger partial charge < -0.3 is 15.3 Å². The van der Waals surface area contributed by atoms with Crippen LogP contribution in [0.2, 0.25) is 0 Å². The summed E-state index contributed by atoms with van der Waals surface area (Å²) < 4.78 is 0. The Bertz CT molecular complexity index is 448. The topological polar surface area (TPSA) is 52.6 Å². The second-order valence-corrected chi connectivity index (χ2v) is 5.52. The normalized spacial score (nSPS) is 19.4. The van der Waals surface area contributed by atoms with E-state index in [1.807, 2.05) is 24.3 Å². The summed E-state index contributed by atoms with van der Waals surface area (Å²) >= 11 is 0. The Morgan fingerprint density at radius 3 is 2.80 bits per heavy atom. The molecule has 1 atom stereocenters. The van der Waals surface area contributed by atoms with Crippen LogP contribution >= 0.6 is 0 Å². The maximum absolute atomic E-state index is 10.8. The number of nitrogens with one attached hydrogen (secondary N) is 1. The molecule has 4 heteroatoms. The van der Waals surface area contributed by atoms with Crippen LogP contribution in [-0.2, 0) is 17.8 Å². The van der Waals surface area contributed by atoms with Gasteiger partial charge in [-0.05, 0) is 43.1 Å². The molecular weight excluding hydrogens is 252 g/mol. The van der Waals surface area contributed by atoms with Gasteiger partial charge in [-0.1, -0.05) is 31.2 Å². The van der Waals surface area contributed by atoms with Gasteiger partial charge in [-0.3, -0.25) is 4.79 Å². The molecule has 0 radical (unpaired) electrons. The van der Waals surface area contributed by atoms with Crippen LogP contribution in [0.3, 0.4) is 0 Å². The van der Waals surface area contributed by atoms with Crippen molar-refractivity contribution < 1.29 is 9.90 Å². The minimum Gasteiger partial charge on any atom is -0.481 e. The SMILES string of the molecule is CCN1CCC(CNCc2ccccc2CC(=O)O)C1.